The first-order valence-electron chi connectivity index (χ1n) is 1.64. The lowest BCUT2D eigenvalue weighted by atomic mass is 10.7. The van der Waals surface area contributed by atoms with E-state index in [1.165, 1.54) is 0 Å². The van der Waals surface area contributed by atoms with Gasteiger partial charge in [0.25, 0.3) is 0 Å². The maximum Gasteiger partial charge on any atom is 0.155 e. The molecule has 5 nitrogen and oxygen atoms in total. The zero-order chi connectivity index (χ0) is 5.70. The molecule has 5 heteroatoms. The summed E-state index contributed by atoms with van der Waals surface area (Å²) in [7, 11) is 0. The third-order valence-electron chi connectivity index (χ3n) is 0.348. The van der Waals surface area contributed by atoms with Crippen molar-refractivity contribution in [3.63, 3.8) is 0 Å². The van der Waals surface area contributed by atoms with E-state index in [0.29, 0.717) is 0 Å². The van der Waals surface area contributed by atoms with Crippen molar-refractivity contribution in [1.29, 1.82) is 0 Å². The number of rotatable bonds is 2. The molecule has 0 heterocycles. The lowest BCUT2D eigenvalue weighted by Crippen LogP contribution is -2.05. The third-order valence-corrected chi connectivity index (χ3v) is 0.348. The Morgan fingerprint density at radius 1 is 1.86 bits per heavy atom. The second-order valence-corrected chi connectivity index (χ2v) is 0.868. The first kappa shape index (κ1) is 6.23. The minimum Gasteiger partial charge on any atom is -0.394 e. The van der Waals surface area contributed by atoms with E-state index in [0.717, 1.165) is 0 Å². The zero-order valence-electron chi connectivity index (χ0n) is 3.52. The van der Waals surface area contributed by atoms with E-state index in [9.17, 15) is 0 Å². The van der Waals surface area contributed by atoms with Crippen LogP contribution < -0.4 is 0 Å². The molecule has 0 aliphatic rings. The summed E-state index contributed by atoms with van der Waals surface area (Å²) in [6, 6.07) is 0. The molecule has 7 heavy (non-hydrogen) atoms. The quantitative estimate of drug-likeness (QED) is 0.283. The fraction of sp³-hybridized carbons (Fsp3) is 1.00. The van der Waals surface area contributed by atoms with E-state index >= 15 is 0 Å². The van der Waals surface area contributed by atoms with Crippen molar-refractivity contribution in [2.45, 2.75) is 6.23 Å². The smallest absolute Gasteiger partial charge is 0.155 e. The van der Waals surface area contributed by atoms with E-state index in [4.69, 9.17) is 15.7 Å². The molecule has 0 aromatic rings. The first-order valence-corrected chi connectivity index (χ1v) is 1.64. The molecule has 0 bridgehead atoms. The van der Waals surface area contributed by atoms with Crippen molar-refractivity contribution in [3.8, 4) is 0 Å². The second kappa shape index (κ2) is 3.42. The van der Waals surface area contributed by atoms with Gasteiger partial charge in [-0.05, 0) is 5.53 Å². The Bertz CT molecular complexity index is 86.9. The minimum absolute atomic E-state index is 0.524. The Hall–Kier alpha value is -0.770. The van der Waals surface area contributed by atoms with Gasteiger partial charge in [-0.1, -0.05) is 5.11 Å². The number of hydrogen-bond donors (Lipinski definition) is 2. The maximum atomic E-state index is 8.19. The monoisotopic (exact) mass is 103 g/mol. The summed E-state index contributed by atoms with van der Waals surface area (Å²) < 4.78 is 0. The Labute approximate surface area is 39.8 Å². The van der Waals surface area contributed by atoms with Gasteiger partial charge in [0.15, 0.2) is 6.23 Å². The van der Waals surface area contributed by atoms with Crippen LogP contribution in [0.15, 0.2) is 5.11 Å². The van der Waals surface area contributed by atoms with Gasteiger partial charge in [0.2, 0.25) is 0 Å². The predicted molar refractivity (Wildman–Crippen MR) is 22.2 cm³/mol. The predicted octanol–water partition coefficient (Wildman–Crippen LogP) is -0.393. The van der Waals surface area contributed by atoms with E-state index in [1.54, 1.807) is 0 Å². The summed E-state index contributed by atoms with van der Waals surface area (Å²) in [4.78, 5) is 2.22. The normalized spacial score (nSPS) is 12.3. The molecular weight excluding hydrogens is 98.0 g/mol. The molecule has 0 spiro atoms. The van der Waals surface area contributed by atoms with Crippen LogP contribution in [0.1, 0.15) is 0 Å². The van der Waals surface area contributed by atoms with E-state index < -0.39 is 12.8 Å². The van der Waals surface area contributed by atoms with Gasteiger partial charge in [-0.2, -0.15) is 0 Å². The van der Waals surface area contributed by atoms with Crippen LogP contribution in [0.4, 0.5) is 0 Å². The van der Waals surface area contributed by atoms with Crippen LogP contribution in [0, 0.1) is 0 Å². The summed E-state index contributed by atoms with van der Waals surface area (Å²) in [5.41, 5.74) is 7.56. The first-order chi connectivity index (χ1) is 3.31. The molecule has 1 atom stereocenters. The Morgan fingerprint density at radius 3 is 2.57 bits per heavy atom. The SMILES string of the molecule is [N-]=[N+]=NC(O)CO. The van der Waals surface area contributed by atoms with Gasteiger partial charge >= 0.3 is 0 Å². The van der Waals surface area contributed by atoms with Crippen LogP contribution in [0.5, 0.6) is 0 Å². The summed E-state index contributed by atoms with van der Waals surface area (Å²) in [5, 5.41) is 18.9. The summed E-state index contributed by atoms with van der Waals surface area (Å²) in [5.74, 6) is 0. The van der Waals surface area contributed by atoms with E-state index in [2.05, 4.69) is 10.0 Å². The summed E-state index contributed by atoms with van der Waals surface area (Å²) in [6.45, 7) is -0.524. The maximum absolute atomic E-state index is 8.19. The van der Waals surface area contributed by atoms with Crippen molar-refractivity contribution < 1.29 is 10.2 Å². The molecule has 2 N–H and O–H groups in total. The fourth-order valence-electron chi connectivity index (χ4n) is 0.0961. The highest BCUT2D eigenvalue weighted by Gasteiger charge is 1.91. The molecule has 0 aromatic carbocycles. The van der Waals surface area contributed by atoms with Crippen LogP contribution in [0.3, 0.4) is 0 Å². The van der Waals surface area contributed by atoms with Crippen molar-refractivity contribution in [2.24, 2.45) is 5.11 Å². The zero-order valence-corrected chi connectivity index (χ0v) is 3.52. The molecule has 0 aliphatic carbocycles. The summed E-state index contributed by atoms with van der Waals surface area (Å²) >= 11 is 0. The van der Waals surface area contributed by atoms with Gasteiger partial charge in [0.05, 0.1) is 6.61 Å². The topological polar surface area (TPSA) is 89.2 Å². The molecule has 0 fully saturated rings. The van der Waals surface area contributed by atoms with Gasteiger partial charge in [-0.25, -0.2) is 0 Å². The number of aliphatic hydroxyl groups excluding tert-OH is 2. The number of aliphatic hydroxyl groups is 2. The molecular formula is C2H5N3O2. The van der Waals surface area contributed by atoms with Crippen LogP contribution in [-0.2, 0) is 0 Å². The van der Waals surface area contributed by atoms with E-state index in [1.807, 2.05) is 0 Å². The molecule has 0 amide bonds. The highest BCUT2D eigenvalue weighted by atomic mass is 16.3. The highest BCUT2D eigenvalue weighted by molar-refractivity contribution is 4.47. The molecule has 1 unspecified atom stereocenters. The van der Waals surface area contributed by atoms with Crippen LogP contribution >= 0.6 is 0 Å². The largest absolute Gasteiger partial charge is 0.394 e. The molecule has 0 saturated carbocycles. The minimum atomic E-state index is -1.29. The molecule has 0 rings (SSSR count). The van der Waals surface area contributed by atoms with Crippen LogP contribution in [0.25, 0.3) is 10.4 Å². The standard InChI is InChI=1S/C2H5N3O2/c3-5-4-2(7)1-6/h2,6-7H,1H2. The number of hydrogen-bond acceptors (Lipinski definition) is 3. The second-order valence-electron chi connectivity index (χ2n) is 0.868. The fourth-order valence-corrected chi connectivity index (χ4v) is 0.0961. The number of nitrogens with zero attached hydrogens (tertiary/aromatic N) is 3. The van der Waals surface area contributed by atoms with Crippen molar-refractivity contribution in [1.82, 2.24) is 0 Å². The average Bonchev–Trinajstić information content (AvgIpc) is 1.68. The van der Waals surface area contributed by atoms with Crippen molar-refractivity contribution in [3.05, 3.63) is 10.4 Å². The Morgan fingerprint density at radius 2 is 2.43 bits per heavy atom. The van der Waals surface area contributed by atoms with Crippen molar-refractivity contribution >= 4 is 0 Å². The molecule has 0 aromatic heterocycles. The molecule has 40 valence electrons. The Kier molecular flexibility index (Phi) is 3.04. The third kappa shape index (κ3) is 3.05. The lowest BCUT2D eigenvalue weighted by molar-refractivity contribution is 0.101. The van der Waals surface area contributed by atoms with Crippen molar-refractivity contribution in [2.75, 3.05) is 6.61 Å². The average molecular weight is 103 g/mol. The van der Waals surface area contributed by atoms with Crippen LogP contribution in [0.2, 0.25) is 0 Å². The van der Waals surface area contributed by atoms with Gasteiger partial charge in [-0.15, -0.1) is 0 Å². The molecule has 0 saturated heterocycles. The molecule has 0 aliphatic heterocycles. The van der Waals surface area contributed by atoms with Gasteiger partial charge in [0.1, 0.15) is 0 Å². The highest BCUT2D eigenvalue weighted by Crippen LogP contribution is 1.79. The van der Waals surface area contributed by atoms with Crippen LogP contribution in [-0.4, -0.2) is 23.0 Å². The lowest BCUT2D eigenvalue weighted by Gasteiger charge is -1.91. The van der Waals surface area contributed by atoms with E-state index in [-0.39, 0.29) is 0 Å². The van der Waals surface area contributed by atoms with Gasteiger partial charge in [0, 0.05) is 4.91 Å². The van der Waals surface area contributed by atoms with Gasteiger partial charge < -0.3 is 10.2 Å². The Balaban J connectivity index is 3.35. The van der Waals surface area contributed by atoms with Gasteiger partial charge in [-0.3, -0.25) is 0 Å². The summed E-state index contributed by atoms with van der Waals surface area (Å²) in [6.07, 6.45) is -1.29. The molecule has 0 radical (unpaired) electrons. The number of azide groups is 1.